The van der Waals surface area contributed by atoms with Crippen LogP contribution >= 0.6 is 0 Å². The Morgan fingerprint density at radius 1 is 0.947 bits per heavy atom. The van der Waals surface area contributed by atoms with Crippen molar-refractivity contribution < 1.29 is 18.0 Å². The second-order valence-corrected chi connectivity index (χ2v) is 11.9. The van der Waals surface area contributed by atoms with Crippen LogP contribution in [0.15, 0.2) is 82.7 Å². The Morgan fingerprint density at radius 2 is 1.63 bits per heavy atom. The minimum absolute atomic E-state index is 0.0231. The molecule has 5 rings (SSSR count). The highest BCUT2D eigenvalue weighted by molar-refractivity contribution is 7.90. The van der Waals surface area contributed by atoms with Gasteiger partial charge in [0, 0.05) is 24.9 Å². The minimum Gasteiger partial charge on any atom is -0.353 e. The number of aryl methyl sites for hydroxylation is 2. The van der Waals surface area contributed by atoms with Gasteiger partial charge in [0.25, 0.3) is 0 Å². The second kappa shape index (κ2) is 10.1. The van der Waals surface area contributed by atoms with Crippen LogP contribution in [-0.2, 0) is 14.6 Å². The topological polar surface area (TPSA) is 99.2 Å². The van der Waals surface area contributed by atoms with E-state index in [0.29, 0.717) is 18.9 Å². The third-order valence-corrected chi connectivity index (χ3v) is 8.02. The van der Waals surface area contributed by atoms with Crippen molar-refractivity contribution in [3.05, 3.63) is 101 Å². The second-order valence-electron chi connectivity index (χ2n) is 9.89. The maximum atomic E-state index is 14.2. The van der Waals surface area contributed by atoms with Gasteiger partial charge in [-0.05, 0) is 43.2 Å². The number of carbonyl (C=O) groups excluding carboxylic acids is 2. The lowest BCUT2D eigenvalue weighted by molar-refractivity contribution is -0.123. The van der Waals surface area contributed by atoms with Crippen molar-refractivity contribution in [3.63, 3.8) is 0 Å². The third-order valence-electron chi connectivity index (χ3n) is 6.89. The summed E-state index contributed by atoms with van der Waals surface area (Å²) in [6.07, 6.45) is 1.18. The molecule has 0 spiro atoms. The van der Waals surface area contributed by atoms with Crippen molar-refractivity contribution >= 4 is 27.6 Å². The van der Waals surface area contributed by atoms with Crippen LogP contribution in [0.1, 0.15) is 39.9 Å². The van der Waals surface area contributed by atoms with Crippen molar-refractivity contribution in [2.75, 3.05) is 25.9 Å². The zero-order chi connectivity index (χ0) is 27.0. The molecule has 1 saturated heterocycles. The van der Waals surface area contributed by atoms with Crippen molar-refractivity contribution in [2.45, 2.75) is 30.8 Å². The fraction of sp³-hybridized carbons (Fsp3) is 0.276. The van der Waals surface area contributed by atoms with Gasteiger partial charge in [0.05, 0.1) is 10.9 Å². The summed E-state index contributed by atoms with van der Waals surface area (Å²) in [5.41, 5.74) is 4.57. The lowest BCUT2D eigenvalue weighted by atomic mass is 9.93. The number of piperazine rings is 1. The van der Waals surface area contributed by atoms with E-state index < -0.39 is 21.9 Å². The Morgan fingerprint density at radius 3 is 2.26 bits per heavy atom. The van der Waals surface area contributed by atoms with Crippen molar-refractivity contribution in [1.82, 2.24) is 15.1 Å². The Kier molecular flexibility index (Phi) is 6.79. The van der Waals surface area contributed by atoms with Gasteiger partial charge in [-0.1, -0.05) is 65.7 Å². The zero-order valence-corrected chi connectivity index (χ0v) is 22.4. The van der Waals surface area contributed by atoms with E-state index in [9.17, 15) is 18.0 Å². The van der Waals surface area contributed by atoms with E-state index in [4.69, 9.17) is 4.99 Å². The third kappa shape index (κ3) is 5.06. The molecule has 196 valence electrons. The van der Waals surface area contributed by atoms with E-state index in [1.54, 1.807) is 34.1 Å². The molecule has 0 radical (unpaired) electrons. The number of hydrogen-bond donors (Lipinski definition) is 1. The lowest BCUT2D eigenvalue weighted by Gasteiger charge is -2.35. The van der Waals surface area contributed by atoms with E-state index in [0.717, 1.165) is 27.8 Å². The van der Waals surface area contributed by atoms with Gasteiger partial charge in [-0.2, -0.15) is 0 Å². The number of amidine groups is 1. The quantitative estimate of drug-likeness (QED) is 0.555. The SMILES string of the molecule is Cc1cccc(C2=NC(c3ccc(S(C)(=O)=O)cc3)C(c3cccc(C)c3)N2C(=O)N2CCNC(=O)C2)c1. The monoisotopic (exact) mass is 530 g/mol. The van der Waals surface area contributed by atoms with Crippen molar-refractivity contribution in [2.24, 2.45) is 4.99 Å². The molecule has 38 heavy (non-hydrogen) atoms. The summed E-state index contributed by atoms with van der Waals surface area (Å²) < 4.78 is 24.2. The molecule has 0 bridgehead atoms. The van der Waals surface area contributed by atoms with Crippen LogP contribution < -0.4 is 5.32 Å². The maximum Gasteiger partial charge on any atom is 0.326 e. The summed E-state index contributed by atoms with van der Waals surface area (Å²) in [5, 5.41) is 2.78. The molecular weight excluding hydrogens is 500 g/mol. The molecule has 1 N–H and O–H groups in total. The summed E-state index contributed by atoms with van der Waals surface area (Å²) in [6, 6.07) is 21.2. The molecule has 0 saturated carbocycles. The number of urea groups is 1. The van der Waals surface area contributed by atoms with E-state index in [1.165, 1.54) is 6.26 Å². The average molecular weight is 531 g/mol. The number of hydrogen-bond acceptors (Lipinski definition) is 5. The van der Waals surface area contributed by atoms with Crippen molar-refractivity contribution in [1.29, 1.82) is 0 Å². The fourth-order valence-corrected chi connectivity index (χ4v) is 5.68. The minimum atomic E-state index is -3.36. The van der Waals surface area contributed by atoms with Gasteiger partial charge >= 0.3 is 6.03 Å². The number of rotatable bonds is 4. The first-order chi connectivity index (χ1) is 18.1. The van der Waals surface area contributed by atoms with E-state index in [-0.39, 0.29) is 23.4 Å². The van der Waals surface area contributed by atoms with Gasteiger partial charge in [0.2, 0.25) is 5.91 Å². The first kappa shape index (κ1) is 25.7. The molecule has 0 aliphatic carbocycles. The van der Waals surface area contributed by atoms with Gasteiger partial charge in [0.15, 0.2) is 9.84 Å². The molecule has 2 aliphatic heterocycles. The molecule has 2 unspecified atom stereocenters. The van der Waals surface area contributed by atoms with Crippen LogP contribution in [0.2, 0.25) is 0 Å². The van der Waals surface area contributed by atoms with Crippen LogP contribution in [0.3, 0.4) is 0 Å². The summed E-state index contributed by atoms with van der Waals surface area (Å²) in [5.74, 6) is 0.325. The van der Waals surface area contributed by atoms with Crippen LogP contribution in [0.25, 0.3) is 0 Å². The van der Waals surface area contributed by atoms with Crippen LogP contribution in [-0.4, -0.2) is 61.9 Å². The predicted octanol–water partition coefficient (Wildman–Crippen LogP) is 3.80. The summed E-state index contributed by atoms with van der Waals surface area (Å²) >= 11 is 0. The number of benzene rings is 3. The van der Waals surface area contributed by atoms with Gasteiger partial charge in [-0.3, -0.25) is 14.7 Å². The van der Waals surface area contributed by atoms with Gasteiger partial charge in [-0.15, -0.1) is 0 Å². The molecule has 2 heterocycles. The van der Waals surface area contributed by atoms with Gasteiger partial charge in [0.1, 0.15) is 18.4 Å². The standard InChI is InChI=1S/C29H30N4O4S/c1-19-6-4-8-22(16-19)27-26(21-10-12-24(13-11-21)38(3,36)37)31-28(23-9-5-7-20(2)17-23)33(27)29(35)32-15-14-30-25(34)18-32/h4-13,16-17,26-27H,14-15,18H2,1-3H3,(H,30,34). The van der Waals surface area contributed by atoms with Gasteiger partial charge in [-0.25, -0.2) is 13.2 Å². The number of amides is 3. The number of carbonyl (C=O) groups is 2. The Labute approximate surface area is 222 Å². The first-order valence-corrected chi connectivity index (χ1v) is 14.4. The molecule has 2 aliphatic rings. The Hall–Kier alpha value is -3.98. The van der Waals surface area contributed by atoms with Crippen LogP contribution in [0, 0.1) is 13.8 Å². The van der Waals surface area contributed by atoms with Gasteiger partial charge < -0.3 is 10.2 Å². The summed E-state index contributed by atoms with van der Waals surface area (Å²) in [7, 11) is -3.36. The number of sulfone groups is 1. The number of nitrogens with one attached hydrogen (secondary N) is 1. The largest absolute Gasteiger partial charge is 0.353 e. The summed E-state index contributed by atoms with van der Waals surface area (Å²) in [6.45, 7) is 4.75. The molecular formula is C29H30N4O4S. The fourth-order valence-electron chi connectivity index (χ4n) is 5.05. The normalized spacial score (nSPS) is 19.8. The number of aliphatic imine (C=N–C) groups is 1. The maximum absolute atomic E-state index is 14.2. The smallest absolute Gasteiger partial charge is 0.326 e. The van der Waals surface area contributed by atoms with E-state index >= 15 is 0 Å². The van der Waals surface area contributed by atoms with Crippen LogP contribution in [0.4, 0.5) is 4.79 Å². The Bertz CT molecular complexity index is 1530. The molecule has 3 amide bonds. The summed E-state index contributed by atoms with van der Waals surface area (Å²) in [4.78, 5) is 34.9. The van der Waals surface area contributed by atoms with E-state index in [1.807, 2.05) is 62.4 Å². The van der Waals surface area contributed by atoms with E-state index in [2.05, 4.69) is 5.32 Å². The highest BCUT2D eigenvalue weighted by atomic mass is 32.2. The number of nitrogens with zero attached hydrogens (tertiary/aromatic N) is 3. The molecule has 0 aromatic heterocycles. The van der Waals surface area contributed by atoms with Crippen molar-refractivity contribution in [3.8, 4) is 0 Å². The highest BCUT2D eigenvalue weighted by Crippen LogP contribution is 2.44. The highest BCUT2D eigenvalue weighted by Gasteiger charge is 2.44. The van der Waals surface area contributed by atoms with Crippen LogP contribution in [0.5, 0.6) is 0 Å². The lowest BCUT2D eigenvalue weighted by Crippen LogP contribution is -2.55. The molecule has 3 aromatic carbocycles. The molecule has 3 aromatic rings. The molecule has 2 atom stereocenters. The predicted molar refractivity (Wildman–Crippen MR) is 146 cm³/mol. The molecule has 1 fully saturated rings. The Balaban J connectivity index is 1.68. The average Bonchev–Trinajstić information content (AvgIpc) is 3.28. The molecule has 8 nitrogen and oxygen atoms in total. The first-order valence-electron chi connectivity index (χ1n) is 12.5. The zero-order valence-electron chi connectivity index (χ0n) is 21.6. The molecule has 9 heteroatoms.